The van der Waals surface area contributed by atoms with Gasteiger partial charge in [0.2, 0.25) is 11.8 Å². The first-order chi connectivity index (χ1) is 18.4. The van der Waals surface area contributed by atoms with Crippen LogP contribution in [0, 0.1) is 17.5 Å². The van der Waals surface area contributed by atoms with Crippen LogP contribution < -0.4 is 4.90 Å². The van der Waals surface area contributed by atoms with E-state index >= 15 is 0 Å². The summed E-state index contributed by atoms with van der Waals surface area (Å²) in [4.78, 5) is 35.5. The highest BCUT2D eigenvalue weighted by atomic mass is 19.1. The van der Waals surface area contributed by atoms with Gasteiger partial charge in [-0.05, 0) is 67.1 Å². The fraction of sp³-hybridized carbons (Fsp3) is 0.207. The predicted molar refractivity (Wildman–Crippen MR) is 139 cm³/mol. The van der Waals surface area contributed by atoms with Crippen LogP contribution in [0.3, 0.4) is 0 Å². The normalized spacial score (nSPS) is 16.2. The molecular formula is C29H25F3N4O2. The Morgan fingerprint density at radius 3 is 2.13 bits per heavy atom. The molecule has 0 saturated carbocycles. The quantitative estimate of drug-likeness (QED) is 0.501. The summed E-state index contributed by atoms with van der Waals surface area (Å²) in [7, 11) is 0. The minimum atomic E-state index is -0.491. The van der Waals surface area contributed by atoms with Crippen molar-refractivity contribution >= 4 is 29.0 Å². The molecule has 2 heterocycles. The number of carbonyl (C=O) groups is 2. The van der Waals surface area contributed by atoms with Crippen LogP contribution in [-0.4, -0.2) is 60.2 Å². The molecule has 1 saturated heterocycles. The van der Waals surface area contributed by atoms with Crippen molar-refractivity contribution in [2.75, 3.05) is 37.6 Å². The number of benzene rings is 3. The molecule has 38 heavy (non-hydrogen) atoms. The Balaban J connectivity index is 1.36. The lowest BCUT2D eigenvalue weighted by Gasteiger charge is -2.35. The Labute approximate surface area is 218 Å². The van der Waals surface area contributed by atoms with Gasteiger partial charge in [0, 0.05) is 30.8 Å². The maximum Gasteiger partial charge on any atom is 0.246 e. The largest absolute Gasteiger partial charge is 0.346 e. The van der Waals surface area contributed by atoms with E-state index < -0.39 is 11.6 Å². The lowest BCUT2D eigenvalue weighted by Crippen LogP contribution is -2.55. The van der Waals surface area contributed by atoms with Gasteiger partial charge in [0.05, 0.1) is 17.9 Å². The topological polar surface area (TPSA) is 56.2 Å². The van der Waals surface area contributed by atoms with Crippen molar-refractivity contribution < 1.29 is 22.8 Å². The van der Waals surface area contributed by atoms with E-state index in [2.05, 4.69) is 0 Å². The van der Waals surface area contributed by atoms with Gasteiger partial charge in [0.15, 0.2) is 0 Å². The lowest BCUT2D eigenvalue weighted by atomic mass is 10.1. The molecule has 3 aromatic rings. The first-order valence-corrected chi connectivity index (χ1v) is 12.3. The average Bonchev–Trinajstić information content (AvgIpc) is 3.12. The molecular weight excluding hydrogens is 493 g/mol. The van der Waals surface area contributed by atoms with Crippen LogP contribution in [0.1, 0.15) is 17.5 Å². The second-order valence-electron chi connectivity index (χ2n) is 9.06. The van der Waals surface area contributed by atoms with Crippen molar-refractivity contribution in [2.24, 2.45) is 4.99 Å². The van der Waals surface area contributed by atoms with Gasteiger partial charge in [-0.15, -0.1) is 0 Å². The standard InChI is InChI=1S/C29H25F3N4O2/c30-22-11-7-20(8-12-22)25-5-3-15-35(29(33-25)21-9-13-23(31)14-10-21)18-27(37)34-16-17-36(28(38)19-34)26-6-2-1-4-24(26)32/h1-2,4-14H,3,15-19H2. The van der Waals surface area contributed by atoms with Gasteiger partial charge in [-0.3, -0.25) is 9.59 Å². The smallest absolute Gasteiger partial charge is 0.246 e. The highest BCUT2D eigenvalue weighted by Crippen LogP contribution is 2.24. The number of nitrogens with zero attached hydrogens (tertiary/aromatic N) is 4. The van der Waals surface area contributed by atoms with Crippen LogP contribution in [-0.2, 0) is 9.59 Å². The summed E-state index contributed by atoms with van der Waals surface area (Å²) in [5, 5.41) is 0. The molecule has 6 nitrogen and oxygen atoms in total. The van der Waals surface area contributed by atoms with E-state index in [0.29, 0.717) is 35.6 Å². The van der Waals surface area contributed by atoms with Crippen LogP contribution >= 0.6 is 0 Å². The first kappa shape index (κ1) is 25.3. The zero-order valence-corrected chi connectivity index (χ0v) is 20.5. The van der Waals surface area contributed by atoms with Gasteiger partial charge >= 0.3 is 0 Å². The number of hydrogen-bond donors (Lipinski definition) is 0. The summed E-state index contributed by atoms with van der Waals surface area (Å²) in [5.74, 6) is -1.41. The van der Waals surface area contributed by atoms with Gasteiger partial charge < -0.3 is 14.7 Å². The van der Waals surface area contributed by atoms with E-state index in [1.807, 2.05) is 6.08 Å². The van der Waals surface area contributed by atoms with E-state index in [1.165, 1.54) is 40.1 Å². The van der Waals surface area contributed by atoms with E-state index in [4.69, 9.17) is 4.99 Å². The number of rotatable bonds is 5. The Morgan fingerprint density at radius 2 is 1.47 bits per heavy atom. The molecule has 0 aliphatic carbocycles. The second kappa shape index (κ2) is 10.9. The third-order valence-electron chi connectivity index (χ3n) is 6.55. The summed E-state index contributed by atoms with van der Waals surface area (Å²) in [6.07, 6.45) is 2.48. The maximum absolute atomic E-state index is 14.2. The van der Waals surface area contributed by atoms with Crippen molar-refractivity contribution in [2.45, 2.75) is 6.42 Å². The van der Waals surface area contributed by atoms with Gasteiger partial charge in [0.25, 0.3) is 0 Å². The number of amidine groups is 1. The van der Waals surface area contributed by atoms with Crippen molar-refractivity contribution in [3.63, 3.8) is 0 Å². The second-order valence-corrected chi connectivity index (χ2v) is 9.06. The van der Waals surface area contributed by atoms with Gasteiger partial charge in [0.1, 0.15) is 29.8 Å². The molecule has 0 atom stereocenters. The zero-order valence-electron chi connectivity index (χ0n) is 20.5. The van der Waals surface area contributed by atoms with Crippen molar-refractivity contribution in [1.29, 1.82) is 0 Å². The highest BCUT2D eigenvalue weighted by molar-refractivity contribution is 6.04. The molecule has 2 amide bonds. The fourth-order valence-corrected chi connectivity index (χ4v) is 4.57. The molecule has 9 heteroatoms. The third kappa shape index (κ3) is 5.46. The molecule has 0 bridgehead atoms. The van der Waals surface area contributed by atoms with Crippen LogP contribution in [0.25, 0.3) is 5.70 Å². The van der Waals surface area contributed by atoms with Crippen LogP contribution in [0.15, 0.2) is 83.9 Å². The maximum atomic E-state index is 14.2. The van der Waals surface area contributed by atoms with Gasteiger partial charge in [-0.1, -0.05) is 18.2 Å². The zero-order chi connectivity index (χ0) is 26.6. The summed E-state index contributed by atoms with van der Waals surface area (Å²) >= 11 is 0. The molecule has 5 rings (SSSR count). The predicted octanol–water partition coefficient (Wildman–Crippen LogP) is 4.47. The molecule has 0 unspecified atom stereocenters. The molecule has 2 aliphatic heterocycles. The van der Waals surface area contributed by atoms with Crippen molar-refractivity contribution in [3.8, 4) is 0 Å². The molecule has 0 N–H and O–H groups in total. The van der Waals surface area contributed by atoms with Crippen LogP contribution in [0.2, 0.25) is 0 Å². The Hall–Kier alpha value is -4.40. The lowest BCUT2D eigenvalue weighted by molar-refractivity contribution is -0.137. The minimum absolute atomic E-state index is 0.0479. The molecule has 0 spiro atoms. The number of carbonyl (C=O) groups excluding carboxylic acids is 2. The SMILES string of the molecule is O=C(CN1CCC=C(c2ccc(F)cc2)N=C1c1ccc(F)cc1)N1CCN(c2ccccc2F)C(=O)C1. The number of halogens is 3. The number of anilines is 1. The molecule has 3 aromatic carbocycles. The van der Waals surface area contributed by atoms with Crippen molar-refractivity contribution in [1.82, 2.24) is 9.80 Å². The van der Waals surface area contributed by atoms with E-state index in [9.17, 15) is 22.8 Å². The monoisotopic (exact) mass is 518 g/mol. The van der Waals surface area contributed by atoms with E-state index in [1.54, 1.807) is 47.4 Å². The summed E-state index contributed by atoms with van der Waals surface area (Å²) in [5.41, 5.74) is 2.15. The van der Waals surface area contributed by atoms with E-state index in [0.717, 1.165) is 0 Å². The average molecular weight is 519 g/mol. The number of hydrogen-bond acceptors (Lipinski definition) is 4. The summed E-state index contributed by atoms with van der Waals surface area (Å²) in [6, 6.07) is 17.9. The minimum Gasteiger partial charge on any atom is -0.346 e. The number of amides is 2. The Kier molecular flexibility index (Phi) is 7.26. The summed E-state index contributed by atoms with van der Waals surface area (Å²) < 4.78 is 41.3. The number of piperazine rings is 1. The molecule has 2 aliphatic rings. The summed E-state index contributed by atoms with van der Waals surface area (Å²) in [6.45, 7) is 0.683. The van der Waals surface area contributed by atoms with Crippen LogP contribution in [0.5, 0.6) is 0 Å². The fourth-order valence-electron chi connectivity index (χ4n) is 4.57. The number of aliphatic imine (C=N–C) groups is 1. The van der Waals surface area contributed by atoms with Crippen LogP contribution in [0.4, 0.5) is 18.9 Å². The van der Waals surface area contributed by atoms with Gasteiger partial charge in [-0.25, -0.2) is 18.2 Å². The first-order valence-electron chi connectivity index (χ1n) is 12.3. The van der Waals surface area contributed by atoms with E-state index in [-0.39, 0.29) is 49.5 Å². The van der Waals surface area contributed by atoms with Gasteiger partial charge in [-0.2, -0.15) is 0 Å². The number of para-hydroxylation sites is 1. The Morgan fingerprint density at radius 1 is 0.816 bits per heavy atom. The highest BCUT2D eigenvalue weighted by Gasteiger charge is 2.31. The third-order valence-corrected chi connectivity index (χ3v) is 6.55. The molecule has 1 fully saturated rings. The molecule has 194 valence electrons. The Bertz CT molecular complexity index is 1400. The molecule has 0 aromatic heterocycles. The molecule has 0 radical (unpaired) electrons. The van der Waals surface area contributed by atoms with Crippen molar-refractivity contribution in [3.05, 3.63) is 107 Å².